The van der Waals surface area contributed by atoms with Crippen molar-refractivity contribution in [3.8, 4) is 6.07 Å². The zero-order valence-corrected chi connectivity index (χ0v) is 9.68. The summed E-state index contributed by atoms with van der Waals surface area (Å²) in [6.07, 6.45) is 3.80. The molecule has 0 bridgehead atoms. The van der Waals surface area contributed by atoms with Gasteiger partial charge in [0.15, 0.2) is 0 Å². The molecule has 0 atom stereocenters. The van der Waals surface area contributed by atoms with E-state index in [2.05, 4.69) is 16.0 Å². The molecule has 0 amide bonds. The maximum Gasteiger partial charge on any atom is 0.150 e. The predicted molar refractivity (Wildman–Crippen MR) is 61.1 cm³/mol. The van der Waals surface area contributed by atoms with E-state index in [1.807, 2.05) is 11.8 Å². The summed E-state index contributed by atoms with van der Waals surface area (Å²) >= 11 is 0. The Hall–Kier alpha value is -1.67. The molecule has 0 aliphatic rings. The Labute approximate surface area is 95.7 Å². The van der Waals surface area contributed by atoms with Crippen molar-refractivity contribution in [2.24, 2.45) is 0 Å². The molecule has 0 spiro atoms. The Bertz CT molecular complexity index is 361. The number of aryl methyl sites for hydroxylation is 1. The molecule has 0 radical (unpaired) electrons. The summed E-state index contributed by atoms with van der Waals surface area (Å²) in [7, 11) is 1.66. The average Bonchev–Trinajstić information content (AvgIpc) is 2.31. The van der Waals surface area contributed by atoms with Gasteiger partial charge in [0, 0.05) is 32.6 Å². The van der Waals surface area contributed by atoms with Crippen molar-refractivity contribution in [3.05, 3.63) is 18.1 Å². The molecule has 5 nitrogen and oxygen atoms in total. The second-order valence-corrected chi connectivity index (χ2v) is 3.35. The van der Waals surface area contributed by atoms with Gasteiger partial charge in [-0.2, -0.15) is 5.26 Å². The minimum Gasteiger partial charge on any atom is -0.383 e. The van der Waals surface area contributed by atoms with Crippen LogP contribution in [0.1, 0.15) is 12.1 Å². The van der Waals surface area contributed by atoms with Crippen LogP contribution in [0, 0.1) is 18.3 Å². The van der Waals surface area contributed by atoms with E-state index in [0.29, 0.717) is 19.6 Å². The Balaban J connectivity index is 2.75. The molecule has 1 aromatic heterocycles. The normalized spacial score (nSPS) is 9.81. The third kappa shape index (κ3) is 3.48. The van der Waals surface area contributed by atoms with Crippen LogP contribution in [0.15, 0.2) is 12.4 Å². The molecule has 5 heteroatoms. The minimum absolute atomic E-state index is 0.472. The maximum atomic E-state index is 8.61. The summed E-state index contributed by atoms with van der Waals surface area (Å²) in [6, 6.07) is 2.13. The second kappa shape index (κ2) is 6.75. The molecule has 1 rings (SSSR count). The monoisotopic (exact) mass is 220 g/mol. The third-order valence-corrected chi connectivity index (χ3v) is 2.21. The average molecular weight is 220 g/mol. The van der Waals surface area contributed by atoms with Crippen LogP contribution < -0.4 is 4.90 Å². The number of anilines is 1. The zero-order chi connectivity index (χ0) is 11.8. The van der Waals surface area contributed by atoms with Gasteiger partial charge in [-0.3, -0.25) is 4.98 Å². The molecule has 0 fully saturated rings. The van der Waals surface area contributed by atoms with Crippen LogP contribution in [0.2, 0.25) is 0 Å². The molecular formula is C11H16N4O. The lowest BCUT2D eigenvalue weighted by atomic mass is 10.3. The number of methoxy groups -OCH3 is 1. The molecule has 0 aromatic carbocycles. The van der Waals surface area contributed by atoms with Gasteiger partial charge >= 0.3 is 0 Å². The Morgan fingerprint density at radius 1 is 1.38 bits per heavy atom. The van der Waals surface area contributed by atoms with Crippen molar-refractivity contribution in [3.63, 3.8) is 0 Å². The number of rotatable bonds is 6. The molecular weight excluding hydrogens is 204 g/mol. The van der Waals surface area contributed by atoms with Gasteiger partial charge in [-0.1, -0.05) is 0 Å². The molecule has 0 aliphatic carbocycles. The van der Waals surface area contributed by atoms with E-state index in [9.17, 15) is 0 Å². The van der Waals surface area contributed by atoms with E-state index in [4.69, 9.17) is 10.00 Å². The van der Waals surface area contributed by atoms with Crippen LogP contribution >= 0.6 is 0 Å². The maximum absolute atomic E-state index is 8.61. The van der Waals surface area contributed by atoms with Crippen LogP contribution in [0.5, 0.6) is 0 Å². The van der Waals surface area contributed by atoms with E-state index in [0.717, 1.165) is 18.1 Å². The first-order valence-electron chi connectivity index (χ1n) is 5.18. The van der Waals surface area contributed by atoms with Crippen LogP contribution in [0.3, 0.4) is 0 Å². The van der Waals surface area contributed by atoms with Crippen molar-refractivity contribution in [1.29, 1.82) is 5.26 Å². The molecule has 0 unspecified atom stereocenters. The van der Waals surface area contributed by atoms with Crippen LogP contribution in [0.25, 0.3) is 0 Å². The number of ether oxygens (including phenoxy) is 1. The van der Waals surface area contributed by atoms with Crippen molar-refractivity contribution in [2.75, 3.05) is 31.7 Å². The molecule has 0 saturated carbocycles. The standard InChI is InChI=1S/C11H16N4O/c1-10-11(14-6-5-13-10)15(7-3-4-12)8-9-16-2/h5-6H,3,7-9H2,1-2H3. The van der Waals surface area contributed by atoms with Gasteiger partial charge in [0.05, 0.1) is 24.8 Å². The quantitative estimate of drug-likeness (QED) is 0.719. The first-order valence-corrected chi connectivity index (χ1v) is 5.18. The van der Waals surface area contributed by atoms with Gasteiger partial charge in [-0.05, 0) is 6.92 Å². The van der Waals surface area contributed by atoms with Crippen molar-refractivity contribution >= 4 is 5.82 Å². The van der Waals surface area contributed by atoms with E-state index < -0.39 is 0 Å². The van der Waals surface area contributed by atoms with Crippen molar-refractivity contribution < 1.29 is 4.74 Å². The number of hydrogen-bond acceptors (Lipinski definition) is 5. The summed E-state index contributed by atoms with van der Waals surface area (Å²) in [5, 5.41) is 8.61. The highest BCUT2D eigenvalue weighted by atomic mass is 16.5. The van der Waals surface area contributed by atoms with Crippen LogP contribution in [-0.2, 0) is 4.74 Å². The topological polar surface area (TPSA) is 62.0 Å². The third-order valence-electron chi connectivity index (χ3n) is 2.21. The molecule has 0 aliphatic heterocycles. The van der Waals surface area contributed by atoms with Gasteiger partial charge in [-0.15, -0.1) is 0 Å². The molecule has 86 valence electrons. The van der Waals surface area contributed by atoms with Gasteiger partial charge in [-0.25, -0.2) is 4.98 Å². The second-order valence-electron chi connectivity index (χ2n) is 3.35. The highest BCUT2D eigenvalue weighted by Gasteiger charge is 2.10. The fourth-order valence-corrected chi connectivity index (χ4v) is 1.42. The van der Waals surface area contributed by atoms with E-state index in [1.165, 1.54) is 0 Å². The minimum atomic E-state index is 0.472. The fourth-order valence-electron chi connectivity index (χ4n) is 1.42. The number of nitriles is 1. The Morgan fingerprint density at radius 3 is 2.75 bits per heavy atom. The summed E-state index contributed by atoms with van der Waals surface area (Å²) in [6.45, 7) is 3.90. The lowest BCUT2D eigenvalue weighted by Gasteiger charge is -2.23. The summed E-state index contributed by atoms with van der Waals surface area (Å²) in [5.41, 5.74) is 0.872. The highest BCUT2D eigenvalue weighted by Crippen LogP contribution is 2.13. The van der Waals surface area contributed by atoms with Gasteiger partial charge in [0.1, 0.15) is 5.82 Å². The predicted octanol–water partition coefficient (Wildman–Crippen LogP) is 1.15. The fraction of sp³-hybridized carbons (Fsp3) is 0.545. The summed E-state index contributed by atoms with van der Waals surface area (Å²) < 4.78 is 5.04. The van der Waals surface area contributed by atoms with Gasteiger partial charge < -0.3 is 9.64 Å². The largest absolute Gasteiger partial charge is 0.383 e. The number of aromatic nitrogens is 2. The van der Waals surface area contributed by atoms with Crippen LogP contribution in [0.4, 0.5) is 5.82 Å². The highest BCUT2D eigenvalue weighted by molar-refractivity contribution is 5.42. The Morgan fingerprint density at radius 2 is 2.12 bits per heavy atom. The molecule has 16 heavy (non-hydrogen) atoms. The SMILES string of the molecule is COCCN(CCC#N)c1nccnc1C. The lowest BCUT2D eigenvalue weighted by molar-refractivity contribution is 0.205. The molecule has 1 heterocycles. The Kier molecular flexibility index (Phi) is 5.23. The van der Waals surface area contributed by atoms with E-state index in [-0.39, 0.29) is 0 Å². The van der Waals surface area contributed by atoms with Crippen molar-refractivity contribution in [1.82, 2.24) is 9.97 Å². The zero-order valence-electron chi connectivity index (χ0n) is 9.68. The van der Waals surface area contributed by atoms with Gasteiger partial charge in [0.25, 0.3) is 0 Å². The van der Waals surface area contributed by atoms with E-state index in [1.54, 1.807) is 19.5 Å². The van der Waals surface area contributed by atoms with Crippen LogP contribution in [-0.4, -0.2) is 36.8 Å². The van der Waals surface area contributed by atoms with E-state index >= 15 is 0 Å². The first-order chi connectivity index (χ1) is 7.79. The summed E-state index contributed by atoms with van der Waals surface area (Å²) in [5.74, 6) is 0.829. The molecule has 0 N–H and O–H groups in total. The van der Waals surface area contributed by atoms with Gasteiger partial charge in [0.2, 0.25) is 0 Å². The molecule has 0 saturated heterocycles. The van der Waals surface area contributed by atoms with Crippen molar-refractivity contribution in [2.45, 2.75) is 13.3 Å². The molecule has 1 aromatic rings. The lowest BCUT2D eigenvalue weighted by Crippen LogP contribution is -2.29. The number of nitrogens with zero attached hydrogens (tertiary/aromatic N) is 4. The number of hydrogen-bond donors (Lipinski definition) is 0. The summed E-state index contributed by atoms with van der Waals surface area (Å²) in [4.78, 5) is 10.5. The smallest absolute Gasteiger partial charge is 0.150 e. The first kappa shape index (κ1) is 12.4.